The number of carbonyl (C=O) groups is 2. The third kappa shape index (κ3) is 5.32. The van der Waals surface area contributed by atoms with Gasteiger partial charge in [0.1, 0.15) is 0 Å². The first kappa shape index (κ1) is 19.5. The molecule has 0 aliphatic heterocycles. The van der Waals surface area contributed by atoms with Crippen LogP contribution in [-0.2, 0) is 14.3 Å². The Morgan fingerprint density at radius 2 is 1.64 bits per heavy atom. The largest absolute Gasteiger partial charge is 0.455 e. The lowest BCUT2D eigenvalue weighted by Gasteiger charge is -2.36. The average molecular weight is 345 g/mol. The van der Waals surface area contributed by atoms with E-state index in [1.54, 1.807) is 0 Å². The Kier molecular flexibility index (Phi) is 6.26. The van der Waals surface area contributed by atoms with Gasteiger partial charge >= 0.3 is 5.97 Å². The van der Waals surface area contributed by atoms with Gasteiger partial charge < -0.3 is 10.1 Å². The van der Waals surface area contributed by atoms with Gasteiger partial charge in [-0.3, -0.25) is 9.59 Å². The van der Waals surface area contributed by atoms with Crippen molar-refractivity contribution in [3.8, 4) is 0 Å². The fourth-order valence-corrected chi connectivity index (χ4v) is 3.64. The van der Waals surface area contributed by atoms with Crippen molar-refractivity contribution in [1.82, 2.24) is 0 Å². The van der Waals surface area contributed by atoms with Crippen LogP contribution >= 0.6 is 0 Å². The second-order valence-corrected chi connectivity index (χ2v) is 8.34. The molecule has 1 amide bonds. The molecule has 0 atom stereocenters. The fourth-order valence-electron chi connectivity index (χ4n) is 3.64. The second kappa shape index (κ2) is 8.03. The van der Waals surface area contributed by atoms with Gasteiger partial charge in [-0.1, -0.05) is 39.0 Å². The normalized spacial score (nSPS) is 20.8. The summed E-state index contributed by atoms with van der Waals surface area (Å²) in [6.07, 6.45) is 3.83. The highest BCUT2D eigenvalue weighted by molar-refractivity contribution is 5.94. The lowest BCUT2D eigenvalue weighted by Crippen LogP contribution is -2.31. The molecule has 0 aromatic heterocycles. The number of nitrogens with one attached hydrogen (secondary N) is 1. The van der Waals surface area contributed by atoms with Crippen LogP contribution in [0.5, 0.6) is 0 Å². The Hall–Kier alpha value is -1.84. The molecule has 1 fully saturated rings. The summed E-state index contributed by atoms with van der Waals surface area (Å²) in [5.41, 5.74) is 3.09. The van der Waals surface area contributed by atoms with Crippen LogP contribution in [0.25, 0.3) is 0 Å². The van der Waals surface area contributed by atoms with Gasteiger partial charge in [0.2, 0.25) is 0 Å². The number of aryl methyl sites for hydroxylation is 2. The molecule has 0 radical (unpaired) electrons. The van der Waals surface area contributed by atoms with Gasteiger partial charge in [0.05, 0.1) is 5.92 Å². The van der Waals surface area contributed by atoms with Crippen LogP contribution in [0.4, 0.5) is 5.69 Å². The van der Waals surface area contributed by atoms with E-state index in [1.165, 1.54) is 0 Å². The first-order valence-corrected chi connectivity index (χ1v) is 9.21. The number of para-hydroxylation sites is 1. The van der Waals surface area contributed by atoms with Crippen molar-refractivity contribution in [2.24, 2.45) is 17.3 Å². The number of hydrogen-bond acceptors (Lipinski definition) is 3. The van der Waals surface area contributed by atoms with Gasteiger partial charge in [0.25, 0.3) is 5.91 Å². The first-order chi connectivity index (χ1) is 11.7. The smallest absolute Gasteiger partial charge is 0.309 e. The number of carbonyl (C=O) groups excluding carboxylic acids is 2. The Balaban J connectivity index is 1.80. The zero-order chi connectivity index (χ0) is 18.6. The maximum atomic E-state index is 12.2. The summed E-state index contributed by atoms with van der Waals surface area (Å²) in [4.78, 5) is 24.3. The number of ether oxygens (including phenoxy) is 1. The van der Waals surface area contributed by atoms with Gasteiger partial charge in [-0.15, -0.1) is 0 Å². The summed E-state index contributed by atoms with van der Waals surface area (Å²) in [6, 6.07) is 5.85. The number of benzene rings is 1. The zero-order valence-corrected chi connectivity index (χ0v) is 16.1. The standard InChI is InChI=1S/C21H31NO3/c1-14-7-6-8-15(2)19(14)22-18(23)13-25-20(24)16-9-11-17(12-10-16)21(3,4)5/h6-8,16-17H,9-13H2,1-5H3,(H,22,23). The Labute approximate surface area is 151 Å². The van der Waals surface area contributed by atoms with Crippen molar-refractivity contribution in [2.45, 2.75) is 60.3 Å². The molecule has 1 aliphatic rings. The highest BCUT2D eigenvalue weighted by Crippen LogP contribution is 2.40. The minimum absolute atomic E-state index is 0.0633. The third-order valence-corrected chi connectivity index (χ3v) is 5.38. The Bertz CT molecular complexity index is 602. The van der Waals surface area contributed by atoms with E-state index >= 15 is 0 Å². The maximum Gasteiger partial charge on any atom is 0.309 e. The predicted molar refractivity (Wildman–Crippen MR) is 100 cm³/mol. The molecule has 1 saturated carbocycles. The van der Waals surface area contributed by atoms with E-state index in [0.29, 0.717) is 11.3 Å². The van der Waals surface area contributed by atoms with Crippen molar-refractivity contribution in [1.29, 1.82) is 0 Å². The summed E-state index contributed by atoms with van der Waals surface area (Å²) < 4.78 is 5.27. The molecule has 25 heavy (non-hydrogen) atoms. The molecule has 0 bridgehead atoms. The van der Waals surface area contributed by atoms with Gasteiger partial charge in [0.15, 0.2) is 6.61 Å². The topological polar surface area (TPSA) is 55.4 Å². The molecule has 2 rings (SSSR count). The molecule has 1 aromatic rings. The highest BCUT2D eigenvalue weighted by atomic mass is 16.5. The van der Waals surface area contributed by atoms with E-state index in [-0.39, 0.29) is 24.4 Å². The number of anilines is 1. The van der Waals surface area contributed by atoms with Gasteiger partial charge in [-0.25, -0.2) is 0 Å². The molecule has 1 aliphatic carbocycles. The van der Waals surface area contributed by atoms with Crippen molar-refractivity contribution in [3.05, 3.63) is 29.3 Å². The molecule has 1 N–H and O–H groups in total. The lowest BCUT2D eigenvalue weighted by atomic mass is 9.70. The van der Waals surface area contributed by atoms with Crippen LogP contribution in [-0.4, -0.2) is 18.5 Å². The minimum atomic E-state index is -0.283. The fraction of sp³-hybridized carbons (Fsp3) is 0.619. The van der Waals surface area contributed by atoms with E-state index < -0.39 is 0 Å². The molecule has 4 heteroatoms. The zero-order valence-electron chi connectivity index (χ0n) is 16.1. The van der Waals surface area contributed by atoms with Gasteiger partial charge in [-0.2, -0.15) is 0 Å². The van der Waals surface area contributed by atoms with E-state index in [9.17, 15) is 9.59 Å². The van der Waals surface area contributed by atoms with Gasteiger partial charge in [0, 0.05) is 5.69 Å². The SMILES string of the molecule is Cc1cccc(C)c1NC(=O)COC(=O)C1CCC(C(C)(C)C)CC1. The van der Waals surface area contributed by atoms with Crippen LogP contribution in [0.3, 0.4) is 0 Å². The molecule has 0 heterocycles. The number of amides is 1. The summed E-state index contributed by atoms with van der Waals surface area (Å²) in [5.74, 6) is 0.0774. The van der Waals surface area contributed by atoms with Crippen molar-refractivity contribution >= 4 is 17.6 Å². The van der Waals surface area contributed by atoms with Gasteiger partial charge in [-0.05, 0) is 62.0 Å². The van der Waals surface area contributed by atoms with Crippen LogP contribution < -0.4 is 5.32 Å². The van der Waals surface area contributed by atoms with Crippen LogP contribution in [0.1, 0.15) is 57.6 Å². The summed E-state index contributed by atoms with van der Waals surface area (Å²) >= 11 is 0. The van der Waals surface area contributed by atoms with Crippen LogP contribution in [0, 0.1) is 31.1 Å². The summed E-state index contributed by atoms with van der Waals surface area (Å²) in [6.45, 7) is 10.5. The first-order valence-electron chi connectivity index (χ1n) is 9.21. The van der Waals surface area contributed by atoms with Crippen molar-refractivity contribution < 1.29 is 14.3 Å². The van der Waals surface area contributed by atoms with E-state index in [1.807, 2.05) is 32.0 Å². The Morgan fingerprint density at radius 1 is 1.08 bits per heavy atom. The third-order valence-electron chi connectivity index (χ3n) is 5.38. The molecular weight excluding hydrogens is 314 g/mol. The molecule has 138 valence electrons. The molecule has 0 saturated heterocycles. The number of rotatable bonds is 4. The van der Waals surface area contributed by atoms with Crippen LogP contribution in [0.2, 0.25) is 0 Å². The van der Waals surface area contributed by atoms with Crippen molar-refractivity contribution in [2.75, 3.05) is 11.9 Å². The summed E-state index contributed by atoms with van der Waals surface area (Å²) in [5, 5.41) is 2.85. The van der Waals surface area contributed by atoms with Crippen molar-refractivity contribution in [3.63, 3.8) is 0 Å². The average Bonchev–Trinajstić information content (AvgIpc) is 2.55. The molecule has 0 unspecified atom stereocenters. The maximum absolute atomic E-state index is 12.2. The lowest BCUT2D eigenvalue weighted by molar-refractivity contribution is -0.153. The second-order valence-electron chi connectivity index (χ2n) is 8.34. The molecule has 1 aromatic carbocycles. The van der Waals surface area contributed by atoms with E-state index in [0.717, 1.165) is 42.5 Å². The molecular formula is C21H31NO3. The van der Waals surface area contributed by atoms with E-state index in [2.05, 4.69) is 26.1 Å². The van der Waals surface area contributed by atoms with E-state index in [4.69, 9.17) is 4.74 Å². The summed E-state index contributed by atoms with van der Waals surface area (Å²) in [7, 11) is 0. The Morgan fingerprint density at radius 3 is 2.16 bits per heavy atom. The predicted octanol–water partition coefficient (Wildman–Crippen LogP) is 4.64. The van der Waals surface area contributed by atoms with Crippen LogP contribution in [0.15, 0.2) is 18.2 Å². The monoisotopic (exact) mass is 345 g/mol. The molecule has 0 spiro atoms. The quantitative estimate of drug-likeness (QED) is 0.809. The minimum Gasteiger partial charge on any atom is -0.455 e. The highest BCUT2D eigenvalue weighted by Gasteiger charge is 2.33. The molecule has 4 nitrogen and oxygen atoms in total. The number of esters is 1. The number of hydrogen-bond donors (Lipinski definition) is 1.